The average molecular weight is 390 g/mol. The Bertz CT molecular complexity index is 969. The van der Waals surface area contributed by atoms with Crippen LogP contribution in [-0.4, -0.2) is 47.0 Å². The summed E-state index contributed by atoms with van der Waals surface area (Å²) in [6.45, 7) is 5.91. The van der Waals surface area contributed by atoms with Crippen LogP contribution in [0.3, 0.4) is 0 Å². The highest BCUT2D eigenvalue weighted by atomic mass is 32.1. The van der Waals surface area contributed by atoms with E-state index in [2.05, 4.69) is 4.98 Å². The van der Waals surface area contributed by atoms with Gasteiger partial charge in [0.1, 0.15) is 11.4 Å². The van der Waals surface area contributed by atoms with Crippen LogP contribution < -0.4 is 10.5 Å². The van der Waals surface area contributed by atoms with Gasteiger partial charge in [0.2, 0.25) is 5.91 Å². The number of hydrogen-bond acceptors (Lipinski definition) is 5. The van der Waals surface area contributed by atoms with E-state index in [-0.39, 0.29) is 11.5 Å². The fraction of sp³-hybridized carbons (Fsp3) is 0.389. The molecule has 4 heterocycles. The first-order valence-corrected chi connectivity index (χ1v) is 10.6. The summed E-state index contributed by atoms with van der Waals surface area (Å²) in [5, 5.41) is 4.72. The van der Waals surface area contributed by atoms with Crippen molar-refractivity contribution in [2.75, 3.05) is 26.2 Å². The number of aromatic nitrogens is 2. The van der Waals surface area contributed by atoms with Crippen molar-refractivity contribution < 1.29 is 9.69 Å². The molecule has 0 saturated carbocycles. The molecule has 0 spiro atoms. The van der Waals surface area contributed by atoms with Crippen LogP contribution in [0.15, 0.2) is 27.7 Å². The van der Waals surface area contributed by atoms with E-state index >= 15 is 0 Å². The standard InChI is InChI=1S/C18H20N4O2S2/c1-2-15(23)22-7-5-21(6-8-22)10-14-19-17(24)16-12(11-26-18(16)20-14)13-4-3-9-25-13/h3-4,9,11H,2,5-8,10H2,1H3,(H,19,20,24)/p+1. The van der Waals surface area contributed by atoms with Crippen molar-refractivity contribution in [2.45, 2.75) is 19.9 Å². The van der Waals surface area contributed by atoms with Crippen molar-refractivity contribution in [2.24, 2.45) is 0 Å². The van der Waals surface area contributed by atoms with Gasteiger partial charge in [0.05, 0.1) is 31.6 Å². The van der Waals surface area contributed by atoms with E-state index in [9.17, 15) is 9.59 Å². The number of aromatic amines is 1. The Morgan fingerprint density at radius 3 is 2.85 bits per heavy atom. The molecule has 136 valence electrons. The lowest BCUT2D eigenvalue weighted by molar-refractivity contribution is -0.918. The van der Waals surface area contributed by atoms with Gasteiger partial charge in [0, 0.05) is 22.2 Å². The SMILES string of the molecule is CCC(=O)N1CC[NH+](Cc2nc3scc(-c4cccs4)c3c(=O)[nH]2)CC1. The van der Waals surface area contributed by atoms with E-state index < -0.39 is 0 Å². The third kappa shape index (κ3) is 3.32. The summed E-state index contributed by atoms with van der Waals surface area (Å²) in [5.74, 6) is 0.948. The Kier molecular flexibility index (Phi) is 4.88. The summed E-state index contributed by atoms with van der Waals surface area (Å²) in [4.78, 5) is 37.3. The summed E-state index contributed by atoms with van der Waals surface area (Å²) in [6, 6.07) is 4.02. The Hall–Kier alpha value is -2.03. The van der Waals surface area contributed by atoms with Crippen LogP contribution >= 0.6 is 22.7 Å². The van der Waals surface area contributed by atoms with Crippen molar-refractivity contribution in [3.63, 3.8) is 0 Å². The van der Waals surface area contributed by atoms with Crippen molar-refractivity contribution in [3.8, 4) is 10.4 Å². The van der Waals surface area contributed by atoms with Gasteiger partial charge in [-0.05, 0) is 11.4 Å². The molecular weight excluding hydrogens is 368 g/mol. The Balaban J connectivity index is 1.52. The van der Waals surface area contributed by atoms with Gasteiger partial charge < -0.3 is 14.8 Å². The molecule has 4 rings (SSSR count). The van der Waals surface area contributed by atoms with E-state index in [0.29, 0.717) is 18.4 Å². The number of piperazine rings is 1. The monoisotopic (exact) mass is 389 g/mol. The molecule has 26 heavy (non-hydrogen) atoms. The lowest BCUT2D eigenvalue weighted by atomic mass is 10.2. The number of carbonyl (C=O) groups excluding carboxylic acids is 1. The van der Waals surface area contributed by atoms with Gasteiger partial charge in [0.15, 0.2) is 5.82 Å². The zero-order chi connectivity index (χ0) is 18.1. The topological polar surface area (TPSA) is 70.5 Å². The number of rotatable bonds is 4. The Labute approximate surface area is 159 Å². The quantitative estimate of drug-likeness (QED) is 0.708. The van der Waals surface area contributed by atoms with E-state index in [0.717, 1.165) is 47.3 Å². The largest absolute Gasteiger partial charge is 0.331 e. The van der Waals surface area contributed by atoms with E-state index in [1.165, 1.54) is 16.2 Å². The van der Waals surface area contributed by atoms with Crippen LogP contribution in [0.1, 0.15) is 19.2 Å². The molecule has 1 amide bonds. The zero-order valence-electron chi connectivity index (χ0n) is 14.6. The lowest BCUT2D eigenvalue weighted by Gasteiger charge is -2.31. The molecule has 6 nitrogen and oxygen atoms in total. The fourth-order valence-corrected chi connectivity index (χ4v) is 5.18. The van der Waals surface area contributed by atoms with E-state index in [1.807, 2.05) is 34.7 Å². The van der Waals surface area contributed by atoms with Crippen molar-refractivity contribution in [1.82, 2.24) is 14.9 Å². The molecule has 0 atom stereocenters. The first kappa shape index (κ1) is 17.4. The molecule has 0 unspecified atom stereocenters. The molecule has 1 aliphatic heterocycles. The van der Waals surface area contributed by atoms with Crippen molar-refractivity contribution >= 4 is 38.8 Å². The van der Waals surface area contributed by atoms with Crippen LogP contribution in [0, 0.1) is 0 Å². The highest BCUT2D eigenvalue weighted by molar-refractivity contribution is 7.18. The third-order valence-corrected chi connectivity index (χ3v) is 6.60. The number of nitrogens with zero attached hydrogens (tertiary/aromatic N) is 2. The number of nitrogens with one attached hydrogen (secondary N) is 2. The highest BCUT2D eigenvalue weighted by Crippen LogP contribution is 2.33. The number of H-pyrrole nitrogens is 1. The number of fused-ring (bicyclic) bond motifs is 1. The van der Waals surface area contributed by atoms with Crippen LogP contribution in [0.5, 0.6) is 0 Å². The molecule has 3 aromatic rings. The maximum Gasteiger partial charge on any atom is 0.260 e. The van der Waals surface area contributed by atoms with Gasteiger partial charge in [-0.25, -0.2) is 4.98 Å². The number of thiophene rings is 2. The maximum absolute atomic E-state index is 12.7. The van der Waals surface area contributed by atoms with Crippen LogP contribution in [0.4, 0.5) is 0 Å². The minimum Gasteiger partial charge on any atom is -0.331 e. The third-order valence-electron chi connectivity index (χ3n) is 4.82. The van der Waals surface area contributed by atoms with Crippen LogP contribution in [-0.2, 0) is 11.3 Å². The minimum absolute atomic E-state index is 0.0613. The fourth-order valence-electron chi connectivity index (χ4n) is 3.40. The summed E-state index contributed by atoms with van der Waals surface area (Å²) in [5.41, 5.74) is 0.910. The predicted octanol–water partition coefficient (Wildman–Crippen LogP) is 1.35. The Morgan fingerprint density at radius 1 is 1.35 bits per heavy atom. The molecule has 1 saturated heterocycles. The van der Waals surface area contributed by atoms with Crippen LogP contribution in [0.25, 0.3) is 20.7 Å². The average Bonchev–Trinajstić information content (AvgIpc) is 3.31. The summed E-state index contributed by atoms with van der Waals surface area (Å²) in [7, 11) is 0. The van der Waals surface area contributed by atoms with Gasteiger partial charge in [-0.3, -0.25) is 9.59 Å². The highest BCUT2D eigenvalue weighted by Gasteiger charge is 2.24. The first-order chi connectivity index (χ1) is 12.7. The molecule has 1 aliphatic rings. The van der Waals surface area contributed by atoms with E-state index in [4.69, 9.17) is 4.98 Å². The molecule has 8 heteroatoms. The van der Waals surface area contributed by atoms with Gasteiger partial charge >= 0.3 is 0 Å². The van der Waals surface area contributed by atoms with Gasteiger partial charge in [0.25, 0.3) is 5.56 Å². The molecule has 2 N–H and O–H groups in total. The van der Waals surface area contributed by atoms with Crippen molar-refractivity contribution in [3.05, 3.63) is 39.1 Å². The smallest absolute Gasteiger partial charge is 0.260 e. The van der Waals surface area contributed by atoms with Crippen LogP contribution in [0.2, 0.25) is 0 Å². The maximum atomic E-state index is 12.7. The molecule has 0 aromatic carbocycles. The minimum atomic E-state index is -0.0613. The summed E-state index contributed by atoms with van der Waals surface area (Å²) >= 11 is 3.15. The second-order valence-corrected chi connectivity index (χ2v) is 8.29. The summed E-state index contributed by atoms with van der Waals surface area (Å²) < 4.78 is 0. The summed E-state index contributed by atoms with van der Waals surface area (Å²) in [6.07, 6.45) is 0.561. The first-order valence-electron chi connectivity index (χ1n) is 8.81. The number of amides is 1. The molecule has 0 bridgehead atoms. The van der Waals surface area contributed by atoms with Crippen molar-refractivity contribution in [1.29, 1.82) is 0 Å². The normalized spacial score (nSPS) is 15.7. The number of carbonyl (C=O) groups is 1. The lowest BCUT2D eigenvalue weighted by Crippen LogP contribution is -3.13. The molecular formula is C18H21N4O2S2+. The predicted molar refractivity (Wildman–Crippen MR) is 105 cm³/mol. The van der Waals surface area contributed by atoms with Gasteiger partial charge in [-0.1, -0.05) is 13.0 Å². The van der Waals surface area contributed by atoms with E-state index in [1.54, 1.807) is 11.3 Å². The molecule has 1 fully saturated rings. The van der Waals surface area contributed by atoms with Gasteiger partial charge in [-0.2, -0.15) is 0 Å². The zero-order valence-corrected chi connectivity index (χ0v) is 16.2. The van der Waals surface area contributed by atoms with Gasteiger partial charge in [-0.15, -0.1) is 22.7 Å². The number of hydrogen-bond donors (Lipinski definition) is 2. The Morgan fingerprint density at radius 2 is 2.15 bits per heavy atom. The second-order valence-electron chi connectivity index (χ2n) is 6.48. The second kappa shape index (κ2) is 7.30. The molecule has 0 aliphatic carbocycles. The molecule has 0 radical (unpaired) electrons. The number of quaternary nitrogens is 1. The molecule has 3 aromatic heterocycles.